The molecule has 0 bridgehead atoms. The number of para-hydroxylation sites is 1. The standard InChI is InChI=1S/C14H16N2O2/c1-3-9(2)16-14(18)11-8-15-12-7-5-4-6-10(12)13(11)17/h4-9H,3H2,1-2H3,(H,15,17)(H,16,18)/t9-/m1/s1. The molecule has 1 aromatic carbocycles. The third kappa shape index (κ3) is 2.27. The van der Waals surface area contributed by atoms with Crippen LogP contribution in [0.1, 0.15) is 30.6 Å². The molecule has 0 aliphatic heterocycles. The van der Waals surface area contributed by atoms with Gasteiger partial charge in [-0.3, -0.25) is 9.59 Å². The van der Waals surface area contributed by atoms with E-state index in [2.05, 4.69) is 10.3 Å². The van der Waals surface area contributed by atoms with Crippen LogP contribution in [0.4, 0.5) is 0 Å². The largest absolute Gasteiger partial charge is 0.360 e. The summed E-state index contributed by atoms with van der Waals surface area (Å²) in [5.74, 6) is -0.323. The number of aromatic amines is 1. The van der Waals surface area contributed by atoms with Crippen LogP contribution in [0.5, 0.6) is 0 Å². The van der Waals surface area contributed by atoms with E-state index in [1.54, 1.807) is 12.1 Å². The molecule has 1 amide bonds. The number of nitrogens with one attached hydrogen (secondary N) is 2. The van der Waals surface area contributed by atoms with Crippen molar-refractivity contribution in [2.75, 3.05) is 0 Å². The molecule has 0 aliphatic carbocycles. The first-order valence-electron chi connectivity index (χ1n) is 6.04. The summed E-state index contributed by atoms with van der Waals surface area (Å²) in [7, 11) is 0. The molecule has 18 heavy (non-hydrogen) atoms. The maximum atomic E-state index is 12.2. The number of amides is 1. The summed E-state index contributed by atoms with van der Waals surface area (Å²) < 4.78 is 0. The Bertz CT molecular complexity index is 631. The van der Waals surface area contributed by atoms with Crippen LogP contribution in [0.25, 0.3) is 10.9 Å². The Hall–Kier alpha value is -2.10. The molecule has 94 valence electrons. The molecule has 0 unspecified atom stereocenters. The SMILES string of the molecule is CC[C@@H](C)NC(=O)c1c[nH]c2ccccc2c1=O. The van der Waals surface area contributed by atoms with E-state index < -0.39 is 0 Å². The fourth-order valence-electron chi connectivity index (χ4n) is 1.74. The Morgan fingerprint density at radius 2 is 2.11 bits per heavy atom. The summed E-state index contributed by atoms with van der Waals surface area (Å²) in [5.41, 5.74) is 0.668. The number of pyridine rings is 1. The van der Waals surface area contributed by atoms with Crippen LogP contribution >= 0.6 is 0 Å². The second-order valence-corrected chi connectivity index (χ2v) is 4.36. The third-order valence-corrected chi connectivity index (χ3v) is 3.02. The minimum atomic E-state index is -0.323. The minimum absolute atomic E-state index is 0.0587. The van der Waals surface area contributed by atoms with Crippen LogP contribution in [0.15, 0.2) is 35.3 Å². The van der Waals surface area contributed by atoms with Crippen molar-refractivity contribution in [3.8, 4) is 0 Å². The number of aromatic nitrogens is 1. The normalized spacial score (nSPS) is 12.3. The summed E-state index contributed by atoms with van der Waals surface area (Å²) in [4.78, 5) is 27.1. The predicted octanol–water partition coefficient (Wildman–Crippen LogP) is 2.06. The van der Waals surface area contributed by atoms with Crippen molar-refractivity contribution in [1.82, 2.24) is 10.3 Å². The predicted molar refractivity (Wildman–Crippen MR) is 71.8 cm³/mol. The van der Waals surface area contributed by atoms with E-state index in [1.165, 1.54) is 6.20 Å². The van der Waals surface area contributed by atoms with Crippen LogP contribution in [-0.4, -0.2) is 16.9 Å². The number of carbonyl (C=O) groups is 1. The molecule has 4 nitrogen and oxygen atoms in total. The van der Waals surface area contributed by atoms with Crippen molar-refractivity contribution < 1.29 is 4.79 Å². The number of carbonyl (C=O) groups excluding carboxylic acids is 1. The molecule has 2 N–H and O–H groups in total. The van der Waals surface area contributed by atoms with Gasteiger partial charge in [0.15, 0.2) is 0 Å². The molecule has 2 rings (SSSR count). The number of benzene rings is 1. The number of fused-ring (bicyclic) bond motifs is 1. The first-order chi connectivity index (χ1) is 8.63. The summed E-state index contributed by atoms with van der Waals surface area (Å²) in [6, 6.07) is 7.22. The quantitative estimate of drug-likeness (QED) is 0.868. The van der Waals surface area contributed by atoms with E-state index in [9.17, 15) is 9.59 Å². The molecule has 2 aromatic rings. The first kappa shape index (κ1) is 12.4. The van der Waals surface area contributed by atoms with Crippen molar-refractivity contribution in [2.24, 2.45) is 0 Å². The number of hydrogen-bond donors (Lipinski definition) is 2. The second kappa shape index (κ2) is 5.04. The van der Waals surface area contributed by atoms with Gasteiger partial charge < -0.3 is 10.3 Å². The Morgan fingerprint density at radius 1 is 1.39 bits per heavy atom. The van der Waals surface area contributed by atoms with Crippen LogP contribution in [0.2, 0.25) is 0 Å². The molecule has 0 aliphatic rings. The molecule has 0 saturated heterocycles. The van der Waals surface area contributed by atoms with Gasteiger partial charge in [0, 0.05) is 23.1 Å². The van der Waals surface area contributed by atoms with Crippen LogP contribution < -0.4 is 10.7 Å². The van der Waals surface area contributed by atoms with Gasteiger partial charge in [-0.1, -0.05) is 19.1 Å². The lowest BCUT2D eigenvalue weighted by atomic mass is 10.1. The molecule has 0 spiro atoms. The van der Waals surface area contributed by atoms with Crippen molar-refractivity contribution in [1.29, 1.82) is 0 Å². The molecule has 0 fully saturated rings. The van der Waals surface area contributed by atoms with E-state index in [-0.39, 0.29) is 22.9 Å². The minimum Gasteiger partial charge on any atom is -0.360 e. The average Bonchev–Trinajstić information content (AvgIpc) is 2.39. The van der Waals surface area contributed by atoms with Crippen LogP contribution in [0.3, 0.4) is 0 Å². The van der Waals surface area contributed by atoms with Gasteiger partial charge in [0.1, 0.15) is 5.56 Å². The Labute approximate surface area is 105 Å². The fraction of sp³-hybridized carbons (Fsp3) is 0.286. The Kier molecular flexibility index (Phi) is 3.46. The Balaban J connectivity index is 2.43. The molecular formula is C14H16N2O2. The van der Waals surface area contributed by atoms with E-state index >= 15 is 0 Å². The molecule has 0 radical (unpaired) electrons. The summed E-state index contributed by atoms with van der Waals surface area (Å²) in [6.45, 7) is 3.89. The van der Waals surface area contributed by atoms with Crippen molar-refractivity contribution in [3.63, 3.8) is 0 Å². The van der Waals surface area contributed by atoms with Crippen molar-refractivity contribution in [3.05, 3.63) is 46.2 Å². The van der Waals surface area contributed by atoms with Gasteiger partial charge in [-0.15, -0.1) is 0 Å². The zero-order chi connectivity index (χ0) is 13.1. The van der Waals surface area contributed by atoms with Gasteiger partial charge in [-0.05, 0) is 25.5 Å². The highest BCUT2D eigenvalue weighted by molar-refractivity contribution is 5.97. The maximum Gasteiger partial charge on any atom is 0.256 e. The van der Waals surface area contributed by atoms with Crippen LogP contribution in [0, 0.1) is 0 Å². The fourth-order valence-corrected chi connectivity index (χ4v) is 1.74. The maximum absolute atomic E-state index is 12.2. The van der Waals surface area contributed by atoms with Gasteiger partial charge in [0.2, 0.25) is 5.43 Å². The summed E-state index contributed by atoms with van der Waals surface area (Å²) >= 11 is 0. The van der Waals surface area contributed by atoms with E-state index in [0.717, 1.165) is 11.9 Å². The van der Waals surface area contributed by atoms with Crippen LogP contribution in [-0.2, 0) is 0 Å². The third-order valence-electron chi connectivity index (χ3n) is 3.02. The number of H-pyrrole nitrogens is 1. The van der Waals surface area contributed by atoms with Gasteiger partial charge in [-0.2, -0.15) is 0 Å². The van der Waals surface area contributed by atoms with E-state index in [4.69, 9.17) is 0 Å². The van der Waals surface area contributed by atoms with Gasteiger partial charge in [0.05, 0.1) is 0 Å². The van der Waals surface area contributed by atoms with Gasteiger partial charge in [-0.25, -0.2) is 0 Å². The zero-order valence-electron chi connectivity index (χ0n) is 10.5. The van der Waals surface area contributed by atoms with Crippen molar-refractivity contribution >= 4 is 16.8 Å². The van der Waals surface area contributed by atoms with Gasteiger partial charge >= 0.3 is 0 Å². The van der Waals surface area contributed by atoms with E-state index in [0.29, 0.717) is 5.39 Å². The molecule has 4 heteroatoms. The number of hydrogen-bond acceptors (Lipinski definition) is 2. The summed E-state index contributed by atoms with van der Waals surface area (Å²) in [5, 5.41) is 3.33. The van der Waals surface area contributed by atoms with Crippen molar-refractivity contribution in [2.45, 2.75) is 26.3 Å². The molecule has 1 aromatic heterocycles. The van der Waals surface area contributed by atoms with Gasteiger partial charge in [0.25, 0.3) is 5.91 Å². The lowest BCUT2D eigenvalue weighted by Gasteiger charge is -2.11. The molecule has 1 heterocycles. The first-order valence-corrected chi connectivity index (χ1v) is 6.04. The molecular weight excluding hydrogens is 228 g/mol. The average molecular weight is 244 g/mol. The topological polar surface area (TPSA) is 62.0 Å². The zero-order valence-corrected chi connectivity index (χ0v) is 10.5. The highest BCUT2D eigenvalue weighted by Crippen LogP contribution is 2.07. The highest BCUT2D eigenvalue weighted by Gasteiger charge is 2.13. The number of rotatable bonds is 3. The highest BCUT2D eigenvalue weighted by atomic mass is 16.2. The second-order valence-electron chi connectivity index (χ2n) is 4.36. The lowest BCUT2D eigenvalue weighted by Crippen LogP contribution is -2.35. The molecule has 0 saturated carbocycles. The summed E-state index contributed by atoms with van der Waals surface area (Å²) in [6.07, 6.45) is 2.31. The smallest absolute Gasteiger partial charge is 0.256 e. The monoisotopic (exact) mass is 244 g/mol. The molecule has 1 atom stereocenters. The Morgan fingerprint density at radius 3 is 2.83 bits per heavy atom. The lowest BCUT2D eigenvalue weighted by molar-refractivity contribution is 0.0938. The van der Waals surface area contributed by atoms with E-state index in [1.807, 2.05) is 26.0 Å².